The van der Waals surface area contributed by atoms with Gasteiger partial charge in [0.2, 0.25) is 0 Å². The first-order valence-electron chi connectivity index (χ1n) is 5.29. The van der Waals surface area contributed by atoms with Gasteiger partial charge in [-0.15, -0.1) is 22.7 Å². The summed E-state index contributed by atoms with van der Waals surface area (Å²) in [4.78, 5) is 8.72. The van der Waals surface area contributed by atoms with Gasteiger partial charge in [0.15, 0.2) is 0 Å². The molecule has 16 heavy (non-hydrogen) atoms. The van der Waals surface area contributed by atoms with Crippen LogP contribution in [0.5, 0.6) is 0 Å². The zero-order chi connectivity index (χ0) is 11.4. The van der Waals surface area contributed by atoms with Gasteiger partial charge in [0.25, 0.3) is 0 Å². The number of nitrogens with one attached hydrogen (secondary N) is 1. The van der Waals surface area contributed by atoms with Crippen LogP contribution in [-0.2, 0) is 6.42 Å². The first-order chi connectivity index (χ1) is 7.75. The van der Waals surface area contributed by atoms with Crippen molar-refractivity contribution in [3.05, 3.63) is 32.7 Å². The lowest BCUT2D eigenvalue weighted by molar-refractivity contribution is 0.573. The van der Waals surface area contributed by atoms with Gasteiger partial charge in [-0.3, -0.25) is 0 Å². The Labute approximate surface area is 104 Å². The number of hydrogen-bond donors (Lipinski definition) is 1. The van der Waals surface area contributed by atoms with Gasteiger partial charge in [-0.1, -0.05) is 0 Å². The largest absolute Gasteiger partial charge is 0.308 e. The van der Waals surface area contributed by atoms with E-state index < -0.39 is 0 Å². The van der Waals surface area contributed by atoms with Gasteiger partial charge in [0.05, 0.1) is 11.0 Å². The molecule has 1 unspecified atom stereocenters. The number of aryl methyl sites for hydroxylation is 1. The summed E-state index contributed by atoms with van der Waals surface area (Å²) in [6, 6.07) is 0.334. The minimum absolute atomic E-state index is 0.334. The maximum Gasteiger partial charge on any atom is 0.109 e. The summed E-state index contributed by atoms with van der Waals surface area (Å²) in [5.41, 5.74) is 1.12. The lowest BCUT2D eigenvalue weighted by Gasteiger charge is -2.09. The average Bonchev–Trinajstić information content (AvgIpc) is 2.89. The number of thiazole rings is 2. The quantitative estimate of drug-likeness (QED) is 0.890. The van der Waals surface area contributed by atoms with Gasteiger partial charge in [0.1, 0.15) is 5.01 Å². The van der Waals surface area contributed by atoms with E-state index in [-0.39, 0.29) is 0 Å². The third-order valence-electron chi connectivity index (χ3n) is 2.28. The molecule has 0 saturated carbocycles. The molecule has 3 nitrogen and oxygen atoms in total. The first-order valence-corrected chi connectivity index (χ1v) is 7.05. The number of nitrogens with zero attached hydrogens (tertiary/aromatic N) is 2. The van der Waals surface area contributed by atoms with Crippen molar-refractivity contribution in [2.75, 3.05) is 6.54 Å². The summed E-state index contributed by atoms with van der Waals surface area (Å²) in [6.45, 7) is 5.13. The van der Waals surface area contributed by atoms with E-state index in [9.17, 15) is 0 Å². The maximum absolute atomic E-state index is 4.44. The van der Waals surface area contributed by atoms with Gasteiger partial charge in [-0.25, -0.2) is 9.97 Å². The molecule has 2 rings (SSSR count). The van der Waals surface area contributed by atoms with E-state index >= 15 is 0 Å². The molecule has 0 bridgehead atoms. The van der Waals surface area contributed by atoms with Gasteiger partial charge < -0.3 is 5.32 Å². The van der Waals surface area contributed by atoms with Crippen LogP contribution in [0.4, 0.5) is 0 Å². The Morgan fingerprint density at radius 2 is 2.31 bits per heavy atom. The summed E-state index contributed by atoms with van der Waals surface area (Å²) < 4.78 is 0. The molecule has 0 saturated heterocycles. The lowest BCUT2D eigenvalue weighted by atomic mass is 10.3. The highest BCUT2D eigenvalue weighted by Gasteiger charge is 2.07. The second-order valence-electron chi connectivity index (χ2n) is 3.68. The Morgan fingerprint density at radius 3 is 2.94 bits per heavy atom. The molecule has 0 amide bonds. The second-order valence-corrected chi connectivity index (χ2v) is 5.55. The van der Waals surface area contributed by atoms with Gasteiger partial charge in [-0.05, 0) is 13.8 Å². The monoisotopic (exact) mass is 253 g/mol. The molecule has 2 heterocycles. The molecule has 0 aliphatic heterocycles. The van der Waals surface area contributed by atoms with Crippen molar-refractivity contribution >= 4 is 22.7 Å². The zero-order valence-electron chi connectivity index (χ0n) is 9.43. The fraction of sp³-hybridized carbons (Fsp3) is 0.455. The molecule has 5 heteroatoms. The molecule has 2 aromatic heterocycles. The molecular weight excluding hydrogens is 238 g/mol. The van der Waals surface area contributed by atoms with Crippen LogP contribution in [0, 0.1) is 6.92 Å². The fourth-order valence-electron chi connectivity index (χ4n) is 1.45. The van der Waals surface area contributed by atoms with Crippen LogP contribution in [0.25, 0.3) is 0 Å². The van der Waals surface area contributed by atoms with Crippen LogP contribution in [0.3, 0.4) is 0 Å². The van der Waals surface area contributed by atoms with E-state index in [4.69, 9.17) is 0 Å². The summed E-state index contributed by atoms with van der Waals surface area (Å²) in [7, 11) is 0. The van der Waals surface area contributed by atoms with E-state index in [0.717, 1.165) is 23.7 Å². The van der Waals surface area contributed by atoms with Crippen LogP contribution in [0.15, 0.2) is 17.0 Å². The van der Waals surface area contributed by atoms with Crippen LogP contribution in [-0.4, -0.2) is 16.5 Å². The highest BCUT2D eigenvalue weighted by molar-refractivity contribution is 7.09. The third kappa shape index (κ3) is 3.10. The first kappa shape index (κ1) is 11.7. The van der Waals surface area contributed by atoms with Crippen LogP contribution < -0.4 is 5.32 Å². The lowest BCUT2D eigenvalue weighted by Crippen LogP contribution is -2.21. The van der Waals surface area contributed by atoms with Crippen molar-refractivity contribution in [3.63, 3.8) is 0 Å². The number of rotatable bonds is 5. The molecule has 0 aliphatic carbocycles. The van der Waals surface area contributed by atoms with E-state index in [2.05, 4.69) is 27.6 Å². The molecule has 0 aliphatic rings. The van der Waals surface area contributed by atoms with Crippen LogP contribution in [0.2, 0.25) is 0 Å². The minimum Gasteiger partial charge on any atom is -0.308 e. The van der Waals surface area contributed by atoms with E-state index in [1.165, 1.54) is 5.01 Å². The third-order valence-corrected chi connectivity index (χ3v) is 4.26. The van der Waals surface area contributed by atoms with Gasteiger partial charge in [0, 0.05) is 35.6 Å². The zero-order valence-corrected chi connectivity index (χ0v) is 11.1. The smallest absolute Gasteiger partial charge is 0.109 e. The Balaban J connectivity index is 1.76. The van der Waals surface area contributed by atoms with Crippen molar-refractivity contribution in [1.82, 2.24) is 15.3 Å². The highest BCUT2D eigenvalue weighted by Crippen LogP contribution is 2.15. The SMILES string of the molecule is Cc1csc(CCNC(C)c2nccs2)n1. The number of hydrogen-bond acceptors (Lipinski definition) is 5. The highest BCUT2D eigenvalue weighted by atomic mass is 32.1. The topological polar surface area (TPSA) is 37.8 Å². The molecule has 0 spiro atoms. The Morgan fingerprint density at radius 1 is 1.44 bits per heavy atom. The Bertz CT molecular complexity index is 422. The fourth-order valence-corrected chi connectivity index (χ4v) is 2.89. The van der Waals surface area contributed by atoms with Gasteiger partial charge >= 0.3 is 0 Å². The van der Waals surface area contributed by atoms with E-state index in [0.29, 0.717) is 6.04 Å². The molecule has 0 aromatic carbocycles. The Kier molecular flexibility index (Phi) is 4.04. The van der Waals surface area contributed by atoms with Crippen molar-refractivity contribution in [2.45, 2.75) is 26.3 Å². The second kappa shape index (κ2) is 5.52. The summed E-state index contributed by atoms with van der Waals surface area (Å²) in [5.74, 6) is 0. The predicted molar refractivity (Wildman–Crippen MR) is 69.1 cm³/mol. The van der Waals surface area contributed by atoms with Crippen molar-refractivity contribution in [3.8, 4) is 0 Å². The summed E-state index contributed by atoms with van der Waals surface area (Å²) in [6.07, 6.45) is 2.84. The standard InChI is InChI=1S/C11H15N3S2/c1-8-7-16-10(14-8)3-4-12-9(2)11-13-5-6-15-11/h5-7,9,12H,3-4H2,1-2H3. The van der Waals surface area contributed by atoms with E-state index in [1.807, 2.05) is 18.5 Å². The normalized spacial score (nSPS) is 12.9. The molecule has 86 valence electrons. The molecular formula is C11H15N3S2. The van der Waals surface area contributed by atoms with Crippen molar-refractivity contribution < 1.29 is 0 Å². The molecule has 2 aromatic rings. The minimum atomic E-state index is 0.334. The van der Waals surface area contributed by atoms with Gasteiger partial charge in [-0.2, -0.15) is 0 Å². The number of aromatic nitrogens is 2. The Hall–Kier alpha value is -0.780. The molecule has 0 fully saturated rings. The predicted octanol–water partition coefficient (Wildman–Crippen LogP) is 2.80. The molecule has 1 atom stereocenters. The van der Waals surface area contributed by atoms with Crippen molar-refractivity contribution in [2.24, 2.45) is 0 Å². The maximum atomic E-state index is 4.44. The van der Waals surface area contributed by atoms with Crippen LogP contribution in [0.1, 0.15) is 28.7 Å². The molecule has 0 radical (unpaired) electrons. The summed E-state index contributed by atoms with van der Waals surface area (Å²) >= 11 is 3.43. The van der Waals surface area contributed by atoms with Crippen LogP contribution >= 0.6 is 22.7 Å². The average molecular weight is 253 g/mol. The van der Waals surface area contributed by atoms with E-state index in [1.54, 1.807) is 22.7 Å². The van der Waals surface area contributed by atoms with Crippen molar-refractivity contribution in [1.29, 1.82) is 0 Å². The summed E-state index contributed by atoms with van der Waals surface area (Å²) in [5, 5.41) is 9.92. The molecule has 1 N–H and O–H groups in total.